The molecule has 0 bridgehead atoms. The van der Waals surface area contributed by atoms with E-state index in [2.05, 4.69) is 15.0 Å². The van der Waals surface area contributed by atoms with Crippen LogP contribution < -0.4 is 5.73 Å². The van der Waals surface area contributed by atoms with E-state index in [4.69, 9.17) is 10.5 Å². The maximum atomic E-state index is 12.1. The highest BCUT2D eigenvalue weighted by Crippen LogP contribution is 2.17. The Morgan fingerprint density at radius 1 is 1.07 bits per heavy atom. The normalized spacial score (nSPS) is 19.0. The lowest BCUT2D eigenvalue weighted by Crippen LogP contribution is -2.49. The fourth-order valence-corrected chi connectivity index (χ4v) is 2.96. The Morgan fingerprint density at radius 2 is 1.82 bits per heavy atom. The minimum Gasteiger partial charge on any atom is -0.402 e. The Labute approximate surface area is 162 Å². The van der Waals surface area contributed by atoms with Gasteiger partial charge in [0.25, 0.3) is 0 Å². The molecule has 1 aromatic heterocycles. The molecule has 1 saturated heterocycles. The second-order valence-electron chi connectivity index (χ2n) is 6.37. The van der Waals surface area contributed by atoms with E-state index in [0.717, 1.165) is 5.56 Å². The van der Waals surface area contributed by atoms with Crippen molar-refractivity contribution in [2.24, 2.45) is 15.7 Å². The van der Waals surface area contributed by atoms with Crippen LogP contribution in [0.2, 0.25) is 0 Å². The zero-order valence-corrected chi connectivity index (χ0v) is 15.2. The molecule has 142 valence electrons. The molecule has 1 fully saturated rings. The lowest BCUT2D eigenvalue weighted by molar-refractivity contribution is -0.130. The second kappa shape index (κ2) is 7.91. The summed E-state index contributed by atoms with van der Waals surface area (Å²) in [4.78, 5) is 29.0. The number of hydrogen-bond donors (Lipinski definition) is 1. The number of benzene rings is 1. The fourth-order valence-electron chi connectivity index (χ4n) is 2.96. The van der Waals surface area contributed by atoms with Gasteiger partial charge in [-0.3, -0.25) is 0 Å². The van der Waals surface area contributed by atoms with Crippen LogP contribution in [0, 0.1) is 0 Å². The third-order valence-electron chi connectivity index (χ3n) is 4.46. The molecular weight excluding hydrogens is 356 g/mol. The molecule has 0 aliphatic carbocycles. The molecule has 0 unspecified atom stereocenters. The number of ether oxygens (including phenoxy) is 1. The highest BCUT2D eigenvalue weighted by molar-refractivity contribution is 6.11. The summed E-state index contributed by atoms with van der Waals surface area (Å²) < 4.78 is 5.29. The van der Waals surface area contributed by atoms with Gasteiger partial charge in [0, 0.05) is 44.1 Å². The average Bonchev–Trinajstić information content (AvgIpc) is 3.10. The highest BCUT2D eigenvalue weighted by atomic mass is 16.6. The number of rotatable bonds is 3. The number of aromatic nitrogens is 1. The summed E-state index contributed by atoms with van der Waals surface area (Å²) in [5.74, 6) is 0.927. The molecule has 0 saturated carbocycles. The Hall–Kier alpha value is -3.68. The molecule has 0 spiro atoms. The number of nitrogens with zero attached hydrogens (tertiary/aromatic N) is 5. The molecule has 28 heavy (non-hydrogen) atoms. The largest absolute Gasteiger partial charge is 0.402 e. The lowest BCUT2D eigenvalue weighted by atomic mass is 10.2. The number of aliphatic imine (C=N–C) groups is 2. The maximum absolute atomic E-state index is 12.1. The number of carbonyl (C=O) groups excluding carboxylic acids is 1. The van der Waals surface area contributed by atoms with E-state index in [1.807, 2.05) is 58.3 Å². The van der Waals surface area contributed by atoms with Gasteiger partial charge in [-0.15, -0.1) is 0 Å². The highest BCUT2D eigenvalue weighted by Gasteiger charge is 2.26. The monoisotopic (exact) mass is 376 g/mol. The van der Waals surface area contributed by atoms with Crippen molar-refractivity contribution in [1.29, 1.82) is 0 Å². The van der Waals surface area contributed by atoms with Gasteiger partial charge < -0.3 is 20.3 Å². The molecule has 2 aromatic rings. The van der Waals surface area contributed by atoms with Crippen LogP contribution in [0.3, 0.4) is 0 Å². The molecule has 8 nitrogen and oxygen atoms in total. The van der Waals surface area contributed by atoms with Crippen molar-refractivity contribution in [2.75, 3.05) is 26.2 Å². The van der Waals surface area contributed by atoms with Gasteiger partial charge >= 0.3 is 5.97 Å². The van der Waals surface area contributed by atoms with Gasteiger partial charge in [0.2, 0.25) is 5.90 Å². The number of nitrogens with two attached hydrogens (primary N) is 1. The molecule has 0 amide bonds. The molecule has 2 aliphatic heterocycles. The summed E-state index contributed by atoms with van der Waals surface area (Å²) in [5, 5.41) is 0. The van der Waals surface area contributed by atoms with Crippen LogP contribution in [0.15, 0.2) is 76.6 Å². The minimum atomic E-state index is -0.433. The molecule has 0 atom stereocenters. The van der Waals surface area contributed by atoms with Crippen molar-refractivity contribution in [2.45, 2.75) is 0 Å². The zero-order valence-electron chi connectivity index (χ0n) is 15.2. The Balaban J connectivity index is 1.39. The number of pyridine rings is 1. The number of esters is 1. The van der Waals surface area contributed by atoms with Crippen LogP contribution in [-0.4, -0.2) is 58.8 Å². The molecule has 3 heterocycles. The van der Waals surface area contributed by atoms with Crippen LogP contribution in [-0.2, 0) is 9.53 Å². The predicted octanol–water partition coefficient (Wildman–Crippen LogP) is 1.49. The smallest absolute Gasteiger partial charge is 0.365 e. The van der Waals surface area contributed by atoms with E-state index < -0.39 is 5.97 Å². The SMILES string of the molecule is NC(=Nc1ccccn1)N1CCN(/C=C2/N=C(c3ccccc3)OC2=O)CC1. The molecule has 4 rings (SSSR count). The van der Waals surface area contributed by atoms with Crippen LogP contribution >= 0.6 is 0 Å². The lowest BCUT2D eigenvalue weighted by Gasteiger charge is -2.34. The topological polar surface area (TPSA) is 96.4 Å². The van der Waals surface area contributed by atoms with Crippen molar-refractivity contribution in [3.8, 4) is 0 Å². The number of piperazine rings is 1. The van der Waals surface area contributed by atoms with Gasteiger partial charge in [0.05, 0.1) is 0 Å². The van der Waals surface area contributed by atoms with E-state index >= 15 is 0 Å². The van der Waals surface area contributed by atoms with Gasteiger partial charge in [-0.2, -0.15) is 4.99 Å². The van der Waals surface area contributed by atoms with Crippen molar-refractivity contribution >= 4 is 23.6 Å². The van der Waals surface area contributed by atoms with E-state index in [1.165, 1.54) is 0 Å². The Kier molecular flexibility index (Phi) is 5.01. The summed E-state index contributed by atoms with van der Waals surface area (Å²) in [6.45, 7) is 2.78. The second-order valence-corrected chi connectivity index (χ2v) is 6.37. The van der Waals surface area contributed by atoms with Crippen molar-refractivity contribution in [3.05, 3.63) is 72.2 Å². The van der Waals surface area contributed by atoms with Crippen LogP contribution in [0.4, 0.5) is 5.82 Å². The minimum absolute atomic E-state index is 0.308. The Bertz CT molecular complexity index is 932. The van der Waals surface area contributed by atoms with E-state index in [-0.39, 0.29) is 0 Å². The summed E-state index contributed by atoms with van der Waals surface area (Å²) in [7, 11) is 0. The van der Waals surface area contributed by atoms with Crippen molar-refractivity contribution in [1.82, 2.24) is 14.8 Å². The third kappa shape index (κ3) is 4.01. The quantitative estimate of drug-likeness (QED) is 0.377. The van der Waals surface area contributed by atoms with Gasteiger partial charge in [0.15, 0.2) is 17.5 Å². The Morgan fingerprint density at radius 3 is 2.54 bits per heavy atom. The van der Waals surface area contributed by atoms with Crippen LogP contribution in [0.1, 0.15) is 5.56 Å². The average molecular weight is 376 g/mol. The van der Waals surface area contributed by atoms with Gasteiger partial charge in [0.1, 0.15) is 0 Å². The first-order chi connectivity index (χ1) is 13.7. The van der Waals surface area contributed by atoms with Gasteiger partial charge in [-0.1, -0.05) is 24.3 Å². The molecule has 0 radical (unpaired) electrons. The maximum Gasteiger partial charge on any atom is 0.365 e. The summed E-state index contributed by atoms with van der Waals surface area (Å²) in [6.07, 6.45) is 3.43. The fraction of sp³-hybridized carbons (Fsp3) is 0.200. The van der Waals surface area contributed by atoms with E-state index in [9.17, 15) is 4.79 Å². The van der Waals surface area contributed by atoms with Gasteiger partial charge in [-0.25, -0.2) is 14.8 Å². The molecule has 8 heteroatoms. The predicted molar refractivity (Wildman–Crippen MR) is 106 cm³/mol. The van der Waals surface area contributed by atoms with Crippen LogP contribution in [0.25, 0.3) is 0 Å². The third-order valence-corrected chi connectivity index (χ3v) is 4.46. The molecule has 1 aromatic carbocycles. The number of guanidine groups is 1. The molecule has 2 N–H and O–H groups in total. The van der Waals surface area contributed by atoms with Crippen LogP contribution in [0.5, 0.6) is 0 Å². The summed E-state index contributed by atoms with van der Waals surface area (Å²) in [5.41, 5.74) is 7.19. The summed E-state index contributed by atoms with van der Waals surface area (Å²) >= 11 is 0. The number of hydrogen-bond acceptors (Lipinski definition) is 6. The van der Waals surface area contributed by atoms with E-state index in [0.29, 0.717) is 49.6 Å². The zero-order chi connectivity index (χ0) is 19.3. The van der Waals surface area contributed by atoms with Crippen molar-refractivity contribution < 1.29 is 9.53 Å². The number of cyclic esters (lactones) is 1. The standard InChI is InChI=1S/C20H20N6O2/c21-20(24-17-8-4-5-9-22-17)26-12-10-25(11-13-26)14-16-19(27)28-18(23-16)15-6-2-1-3-7-15/h1-9,14H,10-13H2,(H2,21,22,24)/b16-14+. The number of carbonyl (C=O) groups is 1. The first-order valence-electron chi connectivity index (χ1n) is 9.01. The van der Waals surface area contributed by atoms with Crippen molar-refractivity contribution in [3.63, 3.8) is 0 Å². The first kappa shape index (κ1) is 17.7. The van der Waals surface area contributed by atoms with E-state index in [1.54, 1.807) is 12.4 Å². The first-order valence-corrected chi connectivity index (χ1v) is 9.01. The molecule has 2 aliphatic rings. The summed E-state index contributed by atoms with van der Waals surface area (Å²) in [6, 6.07) is 14.9. The molecular formula is C20H20N6O2. The van der Waals surface area contributed by atoms with Gasteiger partial charge in [-0.05, 0) is 24.3 Å².